The molecule has 1 aliphatic heterocycles. The van der Waals surface area contributed by atoms with Crippen molar-refractivity contribution in [1.82, 2.24) is 10.2 Å². The molecule has 0 saturated heterocycles. The summed E-state index contributed by atoms with van der Waals surface area (Å²) < 4.78 is 10.7. The molecule has 7 nitrogen and oxygen atoms in total. The van der Waals surface area contributed by atoms with E-state index in [4.69, 9.17) is 21.1 Å². The lowest BCUT2D eigenvalue weighted by Crippen LogP contribution is -2.15. The van der Waals surface area contributed by atoms with Crippen molar-refractivity contribution in [2.45, 2.75) is 13.5 Å². The van der Waals surface area contributed by atoms with E-state index in [-0.39, 0.29) is 18.4 Å². The summed E-state index contributed by atoms with van der Waals surface area (Å²) in [6.45, 7) is 2.68. The lowest BCUT2D eigenvalue weighted by atomic mass is 10.2. The predicted molar refractivity (Wildman–Crippen MR) is 106 cm³/mol. The van der Waals surface area contributed by atoms with E-state index >= 15 is 0 Å². The van der Waals surface area contributed by atoms with E-state index in [9.17, 15) is 4.79 Å². The number of ether oxygens (including phenoxy) is 2. The van der Waals surface area contributed by atoms with Crippen LogP contribution in [0.1, 0.15) is 21.6 Å². The first-order valence-electron chi connectivity index (χ1n) is 8.62. The molecule has 1 amide bonds. The number of fused-ring (bicyclic) bond motifs is 1. The zero-order valence-electron chi connectivity index (χ0n) is 15.0. The topological polar surface area (TPSA) is 85.4 Å². The van der Waals surface area contributed by atoms with E-state index < -0.39 is 0 Å². The van der Waals surface area contributed by atoms with Gasteiger partial charge in [0.25, 0.3) is 5.91 Å². The highest BCUT2D eigenvalue weighted by molar-refractivity contribution is 6.31. The number of rotatable bonds is 5. The number of benzene rings is 2. The first-order valence-corrected chi connectivity index (χ1v) is 9.00. The molecule has 142 valence electrons. The molecule has 28 heavy (non-hydrogen) atoms. The van der Waals surface area contributed by atoms with Crippen LogP contribution >= 0.6 is 11.6 Å². The van der Waals surface area contributed by atoms with Crippen LogP contribution < -0.4 is 20.1 Å². The molecule has 0 radical (unpaired) electrons. The molecule has 0 bridgehead atoms. The van der Waals surface area contributed by atoms with Crippen LogP contribution in [0.15, 0.2) is 48.5 Å². The maximum Gasteiger partial charge on any atom is 0.276 e. The van der Waals surface area contributed by atoms with Gasteiger partial charge in [-0.1, -0.05) is 23.7 Å². The number of hydrogen-bond donors (Lipinski definition) is 2. The number of carbonyl (C=O) groups is 1. The lowest BCUT2D eigenvalue weighted by molar-refractivity contribution is 0.102. The number of anilines is 2. The molecule has 0 saturated carbocycles. The van der Waals surface area contributed by atoms with Gasteiger partial charge < -0.3 is 20.1 Å². The van der Waals surface area contributed by atoms with Gasteiger partial charge in [0.2, 0.25) is 6.79 Å². The van der Waals surface area contributed by atoms with Gasteiger partial charge in [0, 0.05) is 17.3 Å². The Kier molecular flexibility index (Phi) is 4.99. The van der Waals surface area contributed by atoms with Crippen LogP contribution in [-0.2, 0) is 6.54 Å². The summed E-state index contributed by atoms with van der Waals surface area (Å²) >= 11 is 6.08. The second-order valence-electron chi connectivity index (χ2n) is 6.26. The highest BCUT2D eigenvalue weighted by Crippen LogP contribution is 2.32. The normalized spacial score (nSPS) is 11.9. The number of nitrogens with one attached hydrogen (secondary N) is 2. The van der Waals surface area contributed by atoms with Crippen LogP contribution in [0.25, 0.3) is 0 Å². The van der Waals surface area contributed by atoms with Crippen molar-refractivity contribution in [2.24, 2.45) is 0 Å². The standard InChI is InChI=1S/C20H17ClN4O3/c1-12-2-4-14(9-15(12)21)23-20(26)16-5-7-19(25-24-16)22-10-13-3-6-17-18(8-13)28-11-27-17/h2-9H,10-11H2,1H3,(H,22,25)(H,23,26). The largest absolute Gasteiger partial charge is 0.454 e. The van der Waals surface area contributed by atoms with Crippen molar-refractivity contribution >= 4 is 29.0 Å². The van der Waals surface area contributed by atoms with Crippen LogP contribution in [0, 0.1) is 6.92 Å². The molecule has 1 aliphatic rings. The van der Waals surface area contributed by atoms with Gasteiger partial charge >= 0.3 is 0 Å². The van der Waals surface area contributed by atoms with Gasteiger partial charge in [0.1, 0.15) is 5.82 Å². The molecule has 0 atom stereocenters. The SMILES string of the molecule is Cc1ccc(NC(=O)c2ccc(NCc3ccc4c(c3)OCO4)nn2)cc1Cl. The van der Waals surface area contributed by atoms with E-state index in [0.717, 1.165) is 22.6 Å². The Balaban J connectivity index is 1.36. The summed E-state index contributed by atoms with van der Waals surface area (Å²) in [6.07, 6.45) is 0. The minimum absolute atomic E-state index is 0.213. The minimum Gasteiger partial charge on any atom is -0.454 e. The summed E-state index contributed by atoms with van der Waals surface area (Å²) in [4.78, 5) is 12.3. The smallest absolute Gasteiger partial charge is 0.276 e. The Labute approximate surface area is 166 Å². The van der Waals surface area contributed by atoms with Crippen molar-refractivity contribution in [1.29, 1.82) is 0 Å². The van der Waals surface area contributed by atoms with Gasteiger partial charge in [-0.3, -0.25) is 4.79 Å². The third-order valence-corrected chi connectivity index (χ3v) is 4.64. The van der Waals surface area contributed by atoms with Crippen LogP contribution in [0.2, 0.25) is 5.02 Å². The highest BCUT2D eigenvalue weighted by Gasteiger charge is 2.13. The summed E-state index contributed by atoms with van der Waals surface area (Å²) in [5, 5.41) is 14.5. The van der Waals surface area contributed by atoms with E-state index in [1.807, 2.05) is 31.2 Å². The number of halogens is 1. The molecule has 2 heterocycles. The molecule has 0 fully saturated rings. The quantitative estimate of drug-likeness (QED) is 0.677. The van der Waals surface area contributed by atoms with Crippen molar-refractivity contribution in [3.05, 3.63) is 70.4 Å². The first-order chi connectivity index (χ1) is 13.6. The van der Waals surface area contributed by atoms with Crippen LogP contribution in [-0.4, -0.2) is 22.9 Å². The molecule has 2 aromatic carbocycles. The zero-order chi connectivity index (χ0) is 19.5. The monoisotopic (exact) mass is 396 g/mol. The third-order valence-electron chi connectivity index (χ3n) is 4.24. The zero-order valence-corrected chi connectivity index (χ0v) is 15.8. The van der Waals surface area contributed by atoms with Crippen molar-refractivity contribution in [2.75, 3.05) is 17.4 Å². The van der Waals surface area contributed by atoms with Crippen LogP contribution in [0.4, 0.5) is 11.5 Å². The maximum absolute atomic E-state index is 12.3. The third kappa shape index (κ3) is 3.99. The number of aryl methyl sites for hydroxylation is 1. The van der Waals surface area contributed by atoms with E-state index in [1.54, 1.807) is 24.3 Å². The van der Waals surface area contributed by atoms with Gasteiger partial charge in [-0.25, -0.2) is 0 Å². The fourth-order valence-corrected chi connectivity index (χ4v) is 2.84. The molecule has 0 aliphatic carbocycles. The van der Waals surface area contributed by atoms with E-state index in [2.05, 4.69) is 20.8 Å². The average Bonchev–Trinajstić information content (AvgIpc) is 3.17. The number of carbonyl (C=O) groups excluding carboxylic acids is 1. The van der Waals surface area contributed by atoms with Crippen molar-refractivity contribution < 1.29 is 14.3 Å². The Morgan fingerprint density at radius 3 is 2.71 bits per heavy atom. The van der Waals surface area contributed by atoms with Gasteiger partial charge in [-0.2, -0.15) is 0 Å². The summed E-state index contributed by atoms with van der Waals surface area (Å²) in [7, 11) is 0. The van der Waals surface area contributed by atoms with Gasteiger partial charge in [0.05, 0.1) is 0 Å². The van der Waals surface area contributed by atoms with Crippen molar-refractivity contribution in [3.8, 4) is 11.5 Å². The minimum atomic E-state index is -0.352. The number of aromatic nitrogens is 2. The molecule has 0 unspecified atom stereocenters. The van der Waals surface area contributed by atoms with E-state index in [0.29, 0.717) is 23.1 Å². The second kappa shape index (κ2) is 7.74. The number of nitrogens with zero attached hydrogens (tertiary/aromatic N) is 2. The molecule has 8 heteroatoms. The highest BCUT2D eigenvalue weighted by atomic mass is 35.5. The second-order valence-corrected chi connectivity index (χ2v) is 6.67. The maximum atomic E-state index is 12.3. The number of hydrogen-bond acceptors (Lipinski definition) is 6. The van der Waals surface area contributed by atoms with Crippen LogP contribution in [0.3, 0.4) is 0 Å². The molecule has 1 aromatic heterocycles. The fourth-order valence-electron chi connectivity index (χ4n) is 2.66. The molecule has 2 N–H and O–H groups in total. The number of amides is 1. The Morgan fingerprint density at radius 2 is 1.93 bits per heavy atom. The average molecular weight is 397 g/mol. The fraction of sp³-hybridized carbons (Fsp3) is 0.150. The molecule has 3 aromatic rings. The molecular weight excluding hydrogens is 380 g/mol. The summed E-state index contributed by atoms with van der Waals surface area (Å²) in [6, 6.07) is 14.4. The summed E-state index contributed by atoms with van der Waals surface area (Å²) in [5.74, 6) is 1.68. The first kappa shape index (κ1) is 18.1. The molecule has 0 spiro atoms. The van der Waals surface area contributed by atoms with Gasteiger partial charge in [0.15, 0.2) is 17.2 Å². The lowest BCUT2D eigenvalue weighted by Gasteiger charge is -2.08. The van der Waals surface area contributed by atoms with E-state index in [1.165, 1.54) is 0 Å². The van der Waals surface area contributed by atoms with Gasteiger partial charge in [-0.05, 0) is 54.4 Å². The van der Waals surface area contributed by atoms with Crippen molar-refractivity contribution in [3.63, 3.8) is 0 Å². The Bertz CT molecular complexity index is 1020. The predicted octanol–water partition coefficient (Wildman–Crippen LogP) is 4.03. The summed E-state index contributed by atoms with van der Waals surface area (Å²) in [5.41, 5.74) is 2.78. The van der Waals surface area contributed by atoms with Gasteiger partial charge in [-0.15, -0.1) is 10.2 Å². The Hall–Kier alpha value is -3.32. The molecular formula is C20H17ClN4O3. The molecule has 4 rings (SSSR count). The Morgan fingerprint density at radius 1 is 1.07 bits per heavy atom. The van der Waals surface area contributed by atoms with Crippen LogP contribution in [0.5, 0.6) is 11.5 Å².